The predicted molar refractivity (Wildman–Crippen MR) is 92.3 cm³/mol. The van der Waals surface area contributed by atoms with Crippen LogP contribution < -0.4 is 4.72 Å². The molecule has 0 fully saturated rings. The van der Waals surface area contributed by atoms with Crippen molar-refractivity contribution in [3.05, 3.63) is 65.7 Å². The molecule has 2 rings (SSSR count). The second kappa shape index (κ2) is 7.15. The molecule has 1 N–H and O–H groups in total. The smallest absolute Gasteiger partial charge is 0.337 e. The van der Waals surface area contributed by atoms with Crippen LogP contribution in [0.5, 0.6) is 0 Å². The molecule has 24 heavy (non-hydrogen) atoms. The first kappa shape index (κ1) is 18.2. The molecule has 0 saturated heterocycles. The summed E-state index contributed by atoms with van der Waals surface area (Å²) in [5.74, 6) is -0.574. The third-order valence-electron chi connectivity index (χ3n) is 3.46. The molecule has 2 aromatic carbocycles. The highest BCUT2D eigenvalue weighted by Crippen LogP contribution is 2.18. The van der Waals surface area contributed by atoms with E-state index in [-0.39, 0.29) is 10.5 Å². The van der Waals surface area contributed by atoms with Gasteiger partial charge in [-0.2, -0.15) is 0 Å². The van der Waals surface area contributed by atoms with E-state index in [1.54, 1.807) is 0 Å². The third kappa shape index (κ3) is 4.66. The maximum Gasteiger partial charge on any atom is 0.337 e. The molecule has 2 aromatic rings. The van der Waals surface area contributed by atoms with Gasteiger partial charge in [0.15, 0.2) is 0 Å². The van der Waals surface area contributed by atoms with Gasteiger partial charge in [0.1, 0.15) is 0 Å². The molecular weight excluding hydrogens is 326 g/mol. The molecule has 0 radical (unpaired) electrons. The Balaban J connectivity index is 2.22. The first-order valence-corrected chi connectivity index (χ1v) is 8.98. The average Bonchev–Trinajstić information content (AvgIpc) is 2.53. The Morgan fingerprint density at radius 1 is 1.08 bits per heavy atom. The van der Waals surface area contributed by atoms with Gasteiger partial charge in [-0.1, -0.05) is 36.4 Å². The second-order valence-corrected chi connectivity index (χ2v) is 7.85. The van der Waals surface area contributed by atoms with Crippen molar-refractivity contribution in [1.29, 1.82) is 0 Å². The van der Waals surface area contributed by atoms with Crippen molar-refractivity contribution in [2.75, 3.05) is 7.11 Å². The van der Waals surface area contributed by atoms with Gasteiger partial charge in [-0.15, -0.1) is 0 Å². The highest BCUT2D eigenvalue weighted by molar-refractivity contribution is 7.89. The maximum atomic E-state index is 12.6. The fraction of sp³-hybridized carbons (Fsp3) is 0.278. The number of benzene rings is 2. The van der Waals surface area contributed by atoms with Crippen LogP contribution in [0.4, 0.5) is 0 Å². The first-order chi connectivity index (χ1) is 11.2. The number of carbonyl (C=O) groups is 1. The van der Waals surface area contributed by atoms with Gasteiger partial charge in [0.25, 0.3) is 0 Å². The van der Waals surface area contributed by atoms with E-state index in [2.05, 4.69) is 9.46 Å². The number of hydrogen-bond donors (Lipinski definition) is 1. The third-order valence-corrected chi connectivity index (χ3v) is 5.16. The zero-order valence-electron chi connectivity index (χ0n) is 13.9. The monoisotopic (exact) mass is 347 g/mol. The Hall–Kier alpha value is -2.18. The van der Waals surface area contributed by atoms with Crippen molar-refractivity contribution in [3.63, 3.8) is 0 Å². The van der Waals surface area contributed by atoms with Crippen LogP contribution in [-0.4, -0.2) is 27.0 Å². The lowest BCUT2D eigenvalue weighted by Crippen LogP contribution is -2.45. The first-order valence-electron chi connectivity index (χ1n) is 7.50. The molecule has 0 aliphatic carbocycles. The highest BCUT2D eigenvalue weighted by Gasteiger charge is 2.27. The number of carbonyl (C=O) groups excluding carboxylic acids is 1. The molecule has 0 bridgehead atoms. The lowest BCUT2D eigenvalue weighted by molar-refractivity contribution is 0.0600. The van der Waals surface area contributed by atoms with Crippen LogP contribution in [0.2, 0.25) is 0 Å². The number of rotatable bonds is 6. The number of methoxy groups -OCH3 is 1. The Bertz CT molecular complexity index is 814. The van der Waals surface area contributed by atoms with E-state index in [1.165, 1.54) is 31.4 Å². The summed E-state index contributed by atoms with van der Waals surface area (Å²) in [7, 11) is -2.51. The average molecular weight is 347 g/mol. The quantitative estimate of drug-likeness (QED) is 0.816. The topological polar surface area (TPSA) is 72.5 Å². The highest BCUT2D eigenvalue weighted by atomic mass is 32.2. The Morgan fingerprint density at radius 2 is 1.75 bits per heavy atom. The predicted octanol–water partition coefficient (Wildman–Crippen LogP) is 2.77. The molecule has 0 amide bonds. The number of ether oxygens (including phenoxy) is 1. The van der Waals surface area contributed by atoms with Gasteiger partial charge >= 0.3 is 5.97 Å². The van der Waals surface area contributed by atoms with Crippen molar-refractivity contribution in [2.24, 2.45) is 0 Å². The zero-order valence-corrected chi connectivity index (χ0v) is 14.8. The number of esters is 1. The van der Waals surface area contributed by atoms with Crippen LogP contribution in [0.25, 0.3) is 0 Å². The van der Waals surface area contributed by atoms with Crippen LogP contribution in [0, 0.1) is 0 Å². The number of hydrogen-bond acceptors (Lipinski definition) is 4. The van der Waals surface area contributed by atoms with Gasteiger partial charge in [-0.3, -0.25) is 0 Å². The van der Waals surface area contributed by atoms with E-state index in [0.29, 0.717) is 6.42 Å². The van der Waals surface area contributed by atoms with Gasteiger partial charge in [0, 0.05) is 5.54 Å². The summed E-state index contributed by atoms with van der Waals surface area (Å²) in [6, 6.07) is 15.4. The summed E-state index contributed by atoms with van der Waals surface area (Å²) in [6.45, 7) is 3.64. The summed E-state index contributed by atoms with van der Waals surface area (Å²) in [4.78, 5) is 11.6. The van der Waals surface area contributed by atoms with Crippen LogP contribution in [0.1, 0.15) is 29.8 Å². The minimum absolute atomic E-state index is 0.0338. The standard InChI is InChI=1S/C18H21NO4S/c1-18(2,13-14-8-5-4-6-9-14)19-24(21,22)16-11-7-10-15(12-16)17(20)23-3/h4-12,19H,13H2,1-3H3. The molecule has 0 spiro atoms. The van der Waals surface area contributed by atoms with E-state index in [9.17, 15) is 13.2 Å². The summed E-state index contributed by atoms with van der Waals surface area (Å²) >= 11 is 0. The molecule has 0 aliphatic heterocycles. The number of nitrogens with one attached hydrogen (secondary N) is 1. The molecule has 0 aliphatic rings. The van der Waals surface area contributed by atoms with Crippen LogP contribution in [-0.2, 0) is 21.2 Å². The minimum Gasteiger partial charge on any atom is -0.465 e. The van der Waals surface area contributed by atoms with E-state index in [1.807, 2.05) is 44.2 Å². The molecule has 6 heteroatoms. The number of sulfonamides is 1. The Labute approximate surface area is 142 Å². The van der Waals surface area contributed by atoms with E-state index in [4.69, 9.17) is 0 Å². The lowest BCUT2D eigenvalue weighted by atomic mass is 9.96. The van der Waals surface area contributed by atoms with E-state index in [0.717, 1.165) is 5.56 Å². The maximum absolute atomic E-state index is 12.6. The van der Waals surface area contributed by atoms with Crippen molar-refractivity contribution < 1.29 is 17.9 Å². The molecule has 0 saturated carbocycles. The molecule has 128 valence electrons. The van der Waals surface area contributed by atoms with Gasteiger partial charge in [-0.05, 0) is 44.0 Å². The van der Waals surface area contributed by atoms with E-state index < -0.39 is 21.5 Å². The van der Waals surface area contributed by atoms with Crippen molar-refractivity contribution in [3.8, 4) is 0 Å². The van der Waals surface area contributed by atoms with Crippen LogP contribution in [0.15, 0.2) is 59.5 Å². The summed E-state index contributed by atoms with van der Waals surface area (Å²) in [5.41, 5.74) is 0.552. The molecule has 0 atom stereocenters. The van der Waals surface area contributed by atoms with Crippen molar-refractivity contribution >= 4 is 16.0 Å². The fourth-order valence-electron chi connectivity index (χ4n) is 2.47. The van der Waals surface area contributed by atoms with Gasteiger partial charge in [-0.25, -0.2) is 17.9 Å². The van der Waals surface area contributed by atoms with Gasteiger partial charge < -0.3 is 4.74 Å². The lowest BCUT2D eigenvalue weighted by Gasteiger charge is -2.26. The van der Waals surface area contributed by atoms with Crippen LogP contribution in [0.3, 0.4) is 0 Å². The normalized spacial score (nSPS) is 12.0. The Kier molecular flexibility index (Phi) is 5.41. The molecule has 5 nitrogen and oxygen atoms in total. The van der Waals surface area contributed by atoms with Crippen LogP contribution >= 0.6 is 0 Å². The zero-order chi connectivity index (χ0) is 17.8. The summed E-state index contributed by atoms with van der Waals surface area (Å²) in [6.07, 6.45) is 0.545. The largest absolute Gasteiger partial charge is 0.465 e. The Morgan fingerprint density at radius 3 is 2.38 bits per heavy atom. The van der Waals surface area contributed by atoms with Crippen molar-refractivity contribution in [2.45, 2.75) is 30.7 Å². The minimum atomic E-state index is -3.76. The summed E-state index contributed by atoms with van der Waals surface area (Å²) < 4.78 is 32.6. The second-order valence-electron chi connectivity index (χ2n) is 6.17. The van der Waals surface area contributed by atoms with E-state index >= 15 is 0 Å². The molecular formula is C18H21NO4S. The van der Waals surface area contributed by atoms with Gasteiger partial charge in [0.2, 0.25) is 10.0 Å². The molecule has 0 heterocycles. The molecule has 0 unspecified atom stereocenters. The summed E-state index contributed by atoms with van der Waals surface area (Å²) in [5, 5.41) is 0. The van der Waals surface area contributed by atoms with Gasteiger partial charge in [0.05, 0.1) is 17.6 Å². The fourth-order valence-corrected chi connectivity index (χ4v) is 3.93. The molecule has 0 aromatic heterocycles. The van der Waals surface area contributed by atoms with Crippen molar-refractivity contribution in [1.82, 2.24) is 4.72 Å². The SMILES string of the molecule is COC(=O)c1cccc(S(=O)(=O)NC(C)(C)Cc2ccccc2)c1.